The first-order chi connectivity index (χ1) is 9.76. The minimum Gasteiger partial charge on any atom is -0.278 e. The number of hydrogen-bond acceptors (Lipinski definition) is 7. The summed E-state index contributed by atoms with van der Waals surface area (Å²) in [6.45, 7) is -0.541. The molecular formula is C10H11FN4O5S. The van der Waals surface area contributed by atoms with Crippen molar-refractivity contribution in [1.29, 1.82) is 0 Å². The summed E-state index contributed by atoms with van der Waals surface area (Å²) >= 11 is 0. The molecule has 9 nitrogen and oxygen atoms in total. The van der Waals surface area contributed by atoms with Gasteiger partial charge in [-0.25, -0.2) is 9.18 Å². The van der Waals surface area contributed by atoms with E-state index in [-0.39, 0.29) is 24.5 Å². The summed E-state index contributed by atoms with van der Waals surface area (Å²) < 4.78 is 39.8. The number of aromatic nitrogens is 2. The van der Waals surface area contributed by atoms with Crippen LogP contribution in [0.2, 0.25) is 0 Å². The Morgan fingerprint density at radius 1 is 1.43 bits per heavy atom. The molecule has 0 radical (unpaired) electrons. The van der Waals surface area contributed by atoms with Crippen LogP contribution in [0.5, 0.6) is 0 Å². The summed E-state index contributed by atoms with van der Waals surface area (Å²) in [6.07, 6.45) is 0.885. The van der Waals surface area contributed by atoms with Crippen LogP contribution in [0, 0.1) is 5.82 Å². The Bertz CT molecular complexity index is 693. The van der Waals surface area contributed by atoms with Gasteiger partial charge in [-0.15, -0.1) is 10.2 Å². The highest BCUT2D eigenvalue weighted by Crippen LogP contribution is 2.16. The maximum absolute atomic E-state index is 13.8. The van der Waals surface area contributed by atoms with E-state index in [0.29, 0.717) is 0 Å². The molecule has 0 aromatic carbocycles. The second-order valence-corrected chi connectivity index (χ2v) is 5.86. The van der Waals surface area contributed by atoms with Gasteiger partial charge in [-0.3, -0.25) is 19.2 Å². The summed E-state index contributed by atoms with van der Waals surface area (Å²) in [6, 6.07) is 0.198. The molecule has 0 unspecified atom stereocenters. The van der Waals surface area contributed by atoms with Gasteiger partial charge in [-0.2, -0.15) is 8.42 Å². The van der Waals surface area contributed by atoms with E-state index in [1.165, 1.54) is 0 Å². The van der Waals surface area contributed by atoms with Crippen molar-refractivity contribution in [2.24, 2.45) is 0 Å². The molecule has 0 atom stereocenters. The van der Waals surface area contributed by atoms with E-state index in [1.807, 2.05) is 0 Å². The van der Waals surface area contributed by atoms with E-state index in [9.17, 15) is 22.4 Å². The van der Waals surface area contributed by atoms with Gasteiger partial charge >= 0.3 is 6.03 Å². The zero-order valence-corrected chi connectivity index (χ0v) is 11.7. The number of anilines is 1. The lowest BCUT2D eigenvalue weighted by Gasteiger charge is -2.25. The van der Waals surface area contributed by atoms with Gasteiger partial charge in [0.1, 0.15) is 12.3 Å². The Labute approximate surface area is 119 Å². The minimum absolute atomic E-state index is 0.0535. The zero-order valence-electron chi connectivity index (χ0n) is 10.9. The molecule has 3 amide bonds. The Morgan fingerprint density at radius 3 is 2.71 bits per heavy atom. The summed E-state index contributed by atoms with van der Waals surface area (Å²) in [5, 5.41) is 9.18. The summed E-state index contributed by atoms with van der Waals surface area (Å²) in [5.74, 6) is -1.38. The molecule has 1 aliphatic heterocycles. The molecule has 11 heteroatoms. The van der Waals surface area contributed by atoms with E-state index < -0.39 is 34.5 Å². The molecule has 114 valence electrons. The standard InChI is InChI=1S/C10H11FN4O5S/c1-21(18,19)20-5-7-6(11)4-8(14-13-7)15-3-2-9(16)12-10(15)17/h4H,2-3,5H2,1H3,(H,12,16,17). The Hall–Kier alpha value is -2.14. The van der Waals surface area contributed by atoms with Crippen LogP contribution in [0.15, 0.2) is 6.07 Å². The van der Waals surface area contributed by atoms with Gasteiger partial charge < -0.3 is 0 Å². The molecule has 0 aliphatic carbocycles. The number of urea groups is 1. The first-order valence-electron chi connectivity index (χ1n) is 5.74. The van der Waals surface area contributed by atoms with Crippen molar-refractivity contribution in [3.8, 4) is 0 Å². The molecule has 0 spiro atoms. The average Bonchev–Trinajstić information content (AvgIpc) is 2.36. The van der Waals surface area contributed by atoms with Gasteiger partial charge in [0.25, 0.3) is 10.1 Å². The van der Waals surface area contributed by atoms with Gasteiger partial charge in [0, 0.05) is 19.0 Å². The predicted octanol–water partition coefficient (Wildman–Crippen LogP) is -0.462. The van der Waals surface area contributed by atoms with Crippen molar-refractivity contribution in [2.75, 3.05) is 17.7 Å². The number of imide groups is 1. The molecule has 1 fully saturated rings. The van der Waals surface area contributed by atoms with E-state index in [1.54, 1.807) is 0 Å². The van der Waals surface area contributed by atoms with Crippen LogP contribution < -0.4 is 10.2 Å². The molecular weight excluding hydrogens is 307 g/mol. The number of amides is 3. The second-order valence-electron chi connectivity index (χ2n) is 4.22. The highest BCUT2D eigenvalue weighted by Gasteiger charge is 2.26. The number of hydrogen-bond donors (Lipinski definition) is 1. The van der Waals surface area contributed by atoms with Crippen molar-refractivity contribution in [1.82, 2.24) is 15.5 Å². The normalized spacial score (nSPS) is 16.0. The monoisotopic (exact) mass is 318 g/mol. The molecule has 2 rings (SSSR count). The van der Waals surface area contributed by atoms with Crippen LogP contribution in [-0.4, -0.2) is 43.4 Å². The summed E-state index contributed by atoms with van der Waals surface area (Å²) in [5.41, 5.74) is -0.308. The Morgan fingerprint density at radius 2 is 2.14 bits per heavy atom. The fraction of sp³-hybridized carbons (Fsp3) is 0.400. The predicted molar refractivity (Wildman–Crippen MR) is 67.1 cm³/mol. The smallest absolute Gasteiger partial charge is 0.278 e. The quantitative estimate of drug-likeness (QED) is 0.746. The first kappa shape index (κ1) is 15.3. The van der Waals surface area contributed by atoms with Crippen LogP contribution in [0.1, 0.15) is 12.1 Å². The summed E-state index contributed by atoms with van der Waals surface area (Å²) in [7, 11) is -3.73. The van der Waals surface area contributed by atoms with Crippen molar-refractivity contribution < 1.29 is 26.6 Å². The van der Waals surface area contributed by atoms with Gasteiger partial charge in [0.2, 0.25) is 5.91 Å². The lowest BCUT2D eigenvalue weighted by molar-refractivity contribution is -0.120. The van der Waals surface area contributed by atoms with E-state index >= 15 is 0 Å². The van der Waals surface area contributed by atoms with Crippen molar-refractivity contribution in [2.45, 2.75) is 13.0 Å². The van der Waals surface area contributed by atoms with E-state index in [4.69, 9.17) is 0 Å². The highest BCUT2D eigenvalue weighted by molar-refractivity contribution is 7.85. The number of carbonyl (C=O) groups excluding carboxylic acids is 2. The van der Waals surface area contributed by atoms with Gasteiger partial charge in [-0.05, 0) is 0 Å². The second kappa shape index (κ2) is 5.69. The van der Waals surface area contributed by atoms with Crippen molar-refractivity contribution in [3.05, 3.63) is 17.6 Å². The third-order valence-corrected chi connectivity index (χ3v) is 3.09. The average molecular weight is 318 g/mol. The SMILES string of the molecule is CS(=O)(=O)OCc1nnc(N2CCC(=O)NC2=O)cc1F. The number of nitrogens with zero attached hydrogens (tertiary/aromatic N) is 3. The lowest BCUT2D eigenvalue weighted by atomic mass is 10.3. The third kappa shape index (κ3) is 3.92. The van der Waals surface area contributed by atoms with Crippen molar-refractivity contribution >= 4 is 27.9 Å². The molecule has 0 saturated carbocycles. The van der Waals surface area contributed by atoms with Crippen LogP contribution in [0.3, 0.4) is 0 Å². The summed E-state index contributed by atoms with van der Waals surface area (Å²) in [4.78, 5) is 23.6. The van der Waals surface area contributed by atoms with Gasteiger partial charge in [0.05, 0.1) is 6.26 Å². The van der Waals surface area contributed by atoms with Crippen LogP contribution in [0.4, 0.5) is 15.0 Å². The van der Waals surface area contributed by atoms with Crippen LogP contribution >= 0.6 is 0 Å². The third-order valence-electron chi connectivity index (χ3n) is 2.54. The molecule has 2 heterocycles. The topological polar surface area (TPSA) is 119 Å². The Kier molecular flexibility index (Phi) is 4.14. The number of halogens is 1. The first-order valence-corrected chi connectivity index (χ1v) is 7.56. The molecule has 0 bridgehead atoms. The van der Waals surface area contributed by atoms with E-state index in [2.05, 4.69) is 19.7 Å². The van der Waals surface area contributed by atoms with Crippen molar-refractivity contribution in [3.63, 3.8) is 0 Å². The fourth-order valence-electron chi connectivity index (χ4n) is 1.56. The Balaban J connectivity index is 2.15. The molecule has 1 aromatic rings. The molecule has 1 N–H and O–H groups in total. The number of nitrogens with one attached hydrogen (secondary N) is 1. The molecule has 1 aliphatic rings. The van der Waals surface area contributed by atoms with Gasteiger partial charge in [0.15, 0.2) is 11.6 Å². The van der Waals surface area contributed by atoms with Crippen LogP contribution in [-0.2, 0) is 25.7 Å². The van der Waals surface area contributed by atoms with E-state index in [0.717, 1.165) is 17.2 Å². The zero-order chi connectivity index (χ0) is 15.6. The molecule has 21 heavy (non-hydrogen) atoms. The lowest BCUT2D eigenvalue weighted by Crippen LogP contribution is -2.50. The number of rotatable bonds is 4. The van der Waals surface area contributed by atoms with Gasteiger partial charge in [-0.1, -0.05) is 0 Å². The highest BCUT2D eigenvalue weighted by atomic mass is 32.2. The maximum atomic E-state index is 13.8. The van der Waals surface area contributed by atoms with Crippen LogP contribution in [0.25, 0.3) is 0 Å². The maximum Gasteiger partial charge on any atom is 0.329 e. The fourth-order valence-corrected chi connectivity index (χ4v) is 1.89. The number of carbonyl (C=O) groups is 2. The molecule has 1 aromatic heterocycles. The molecule has 1 saturated heterocycles. The largest absolute Gasteiger partial charge is 0.329 e. The minimum atomic E-state index is -3.73.